The molecule has 0 N–H and O–H groups in total. The van der Waals surface area contributed by atoms with Gasteiger partial charge in [-0.05, 0) is 129 Å². The SMILES string of the molecule is Clc1nc(-c2ccc(-c3ccccc3)cc2)c2ncccc2n1.Clc1nc(-c2cccc3ccccc23)c2cccnc2n1.Clc1nc(-c2ccccc2)c2cccnc2n1.Clc1nc(-c2ccccc2)c2ncccc2n1.Clc1nc(-c2ccccc2)nc2ccccc12. The highest BCUT2D eigenvalue weighted by atomic mass is 35.5. The standard InChI is InChI=1S/C19H12ClN3.C17H10ClN3.C14H9ClN2.2C13H8ClN3/c20-19-22-16-7-4-12-21-18(16)17(23-19)15-10-8-14(9-11-15)13-5-2-1-3-6-13;18-17-20-15(14-9-4-10-19-16(14)21-17)13-8-3-6-11-5-1-2-7-12(11)13;15-13-11-8-4-5-9-12(11)16-14(17-13)10-6-2-1-3-7-10;14-13-16-10-7-4-8-15-12(10)11(17-13)9-5-2-1-3-6-9;14-13-16-11(9-5-2-1-3-6-9)10-7-4-8-15-12(10)17-13/h1-12H;1-10H;1-9H;2*1-8H. The van der Waals surface area contributed by atoms with Crippen molar-refractivity contribution in [2.24, 2.45) is 0 Å². The third-order valence-electron chi connectivity index (χ3n) is 14.7. The molecule has 0 radical (unpaired) electrons. The topological polar surface area (TPSA) is 180 Å². The molecule has 0 aliphatic carbocycles. The number of aromatic nitrogens is 14. The zero-order valence-electron chi connectivity index (χ0n) is 49.8. The van der Waals surface area contributed by atoms with Gasteiger partial charge >= 0.3 is 0 Å². The average molecular weight is 1330 g/mol. The highest BCUT2D eigenvalue weighted by Gasteiger charge is 2.15. The predicted octanol–water partition coefficient (Wildman–Crippen LogP) is 20.2. The molecule has 0 aliphatic rings. The second kappa shape index (κ2) is 29.6. The van der Waals surface area contributed by atoms with Gasteiger partial charge in [0.15, 0.2) is 17.1 Å². The van der Waals surface area contributed by atoms with Crippen LogP contribution in [0.3, 0.4) is 0 Å². The van der Waals surface area contributed by atoms with Gasteiger partial charge in [0.25, 0.3) is 0 Å². The van der Waals surface area contributed by atoms with Gasteiger partial charge in [-0.15, -0.1) is 0 Å². The number of benzene rings is 8. The summed E-state index contributed by atoms with van der Waals surface area (Å²) in [6.07, 6.45) is 6.87. The Balaban J connectivity index is 0.000000108. The van der Waals surface area contributed by atoms with Crippen molar-refractivity contribution in [2.45, 2.75) is 0 Å². The summed E-state index contributed by atoms with van der Waals surface area (Å²) in [5.74, 6) is 0.661. The molecule has 95 heavy (non-hydrogen) atoms. The van der Waals surface area contributed by atoms with Gasteiger partial charge in [-0.25, -0.2) is 49.8 Å². The van der Waals surface area contributed by atoms with Gasteiger partial charge < -0.3 is 0 Å². The molecule has 0 spiro atoms. The molecule has 0 atom stereocenters. The lowest BCUT2D eigenvalue weighted by molar-refractivity contribution is 1.18. The van der Waals surface area contributed by atoms with Gasteiger partial charge in [-0.1, -0.05) is 212 Å². The molecule has 9 aromatic heterocycles. The lowest BCUT2D eigenvalue weighted by atomic mass is 10.0. The van der Waals surface area contributed by atoms with Crippen molar-refractivity contribution in [1.29, 1.82) is 0 Å². The molecule has 0 saturated heterocycles. The molecule has 14 nitrogen and oxygen atoms in total. The molecule has 17 rings (SSSR count). The molecule has 0 fully saturated rings. The zero-order chi connectivity index (χ0) is 64.9. The van der Waals surface area contributed by atoms with Crippen LogP contribution in [0.1, 0.15) is 0 Å². The van der Waals surface area contributed by atoms with Crippen LogP contribution in [0.2, 0.25) is 26.3 Å². The Morgan fingerprint density at radius 2 is 0.600 bits per heavy atom. The van der Waals surface area contributed by atoms with Crippen LogP contribution >= 0.6 is 58.0 Å². The first-order valence-corrected chi connectivity index (χ1v) is 31.4. The largest absolute Gasteiger partial charge is 0.252 e. The third-order valence-corrected chi connectivity index (χ3v) is 15.7. The Hall–Kier alpha value is -11.2. The van der Waals surface area contributed by atoms with E-state index in [1.165, 1.54) is 10.9 Å². The minimum absolute atomic E-state index is 0.212. The molecule has 0 bridgehead atoms. The smallest absolute Gasteiger partial charge is 0.225 e. The van der Waals surface area contributed by atoms with E-state index in [-0.39, 0.29) is 21.1 Å². The van der Waals surface area contributed by atoms with Crippen molar-refractivity contribution >= 4 is 124 Å². The number of hydrogen-bond donors (Lipinski definition) is 0. The number of para-hydroxylation sites is 1. The summed E-state index contributed by atoms with van der Waals surface area (Å²) in [5, 5.41) is 6.39. The molecule has 8 aromatic carbocycles. The minimum atomic E-state index is 0.212. The highest BCUT2D eigenvalue weighted by molar-refractivity contribution is 6.34. The van der Waals surface area contributed by atoms with Crippen LogP contribution in [0, 0.1) is 0 Å². The van der Waals surface area contributed by atoms with Gasteiger partial charge in [-0.2, -0.15) is 9.97 Å². The Morgan fingerprint density at radius 3 is 1.18 bits per heavy atom. The van der Waals surface area contributed by atoms with Gasteiger partial charge in [0, 0.05) is 68.8 Å². The fraction of sp³-hybridized carbons (Fsp3) is 0. The van der Waals surface area contributed by atoms with E-state index < -0.39 is 0 Å². The fourth-order valence-corrected chi connectivity index (χ4v) is 11.3. The van der Waals surface area contributed by atoms with Gasteiger partial charge in [-0.3, -0.25) is 9.97 Å². The van der Waals surface area contributed by atoms with Gasteiger partial charge in [0.1, 0.15) is 27.6 Å². The van der Waals surface area contributed by atoms with Gasteiger partial charge in [0.2, 0.25) is 21.1 Å². The Morgan fingerprint density at radius 1 is 0.221 bits per heavy atom. The predicted molar refractivity (Wildman–Crippen MR) is 384 cm³/mol. The number of pyridine rings is 4. The second-order valence-electron chi connectivity index (χ2n) is 20.8. The molecule has 0 aliphatic heterocycles. The van der Waals surface area contributed by atoms with Crippen molar-refractivity contribution in [2.75, 3.05) is 0 Å². The number of rotatable bonds is 6. The van der Waals surface area contributed by atoms with Crippen LogP contribution in [0.15, 0.2) is 286 Å². The second-order valence-corrected chi connectivity index (χ2v) is 22.5. The van der Waals surface area contributed by atoms with Crippen LogP contribution in [0.4, 0.5) is 0 Å². The highest BCUT2D eigenvalue weighted by Crippen LogP contribution is 2.34. The summed E-state index contributed by atoms with van der Waals surface area (Å²) in [6.45, 7) is 0. The minimum Gasteiger partial charge on any atom is -0.252 e. The summed E-state index contributed by atoms with van der Waals surface area (Å²) in [7, 11) is 0. The van der Waals surface area contributed by atoms with Crippen LogP contribution < -0.4 is 0 Å². The van der Waals surface area contributed by atoms with Crippen LogP contribution in [0.5, 0.6) is 0 Å². The molecule has 456 valence electrons. The molecule has 0 unspecified atom stereocenters. The molecular formula is C76H47Cl5N14. The molecule has 19 heteroatoms. The van der Waals surface area contributed by atoms with E-state index in [0.29, 0.717) is 22.3 Å². The van der Waals surface area contributed by atoms with E-state index in [1.807, 2.05) is 218 Å². The summed E-state index contributed by atoms with van der Waals surface area (Å²) in [6, 6.07) is 85.3. The van der Waals surface area contributed by atoms with Crippen LogP contribution in [0.25, 0.3) is 133 Å². The molecule has 0 saturated carbocycles. The van der Waals surface area contributed by atoms with Crippen LogP contribution in [-0.4, -0.2) is 69.8 Å². The quantitative estimate of drug-likeness (QED) is 0.113. The van der Waals surface area contributed by atoms with E-state index in [1.54, 1.807) is 24.8 Å². The van der Waals surface area contributed by atoms with E-state index in [4.69, 9.17) is 58.0 Å². The van der Waals surface area contributed by atoms with Crippen molar-refractivity contribution < 1.29 is 0 Å². The van der Waals surface area contributed by atoms with Crippen molar-refractivity contribution in [3.63, 3.8) is 0 Å². The zero-order valence-corrected chi connectivity index (χ0v) is 53.6. The number of hydrogen-bond acceptors (Lipinski definition) is 14. The molecular weight excluding hydrogens is 1290 g/mol. The van der Waals surface area contributed by atoms with Crippen molar-refractivity contribution in [3.05, 3.63) is 312 Å². The Bertz CT molecular complexity index is 5380. The maximum absolute atomic E-state index is 6.16. The van der Waals surface area contributed by atoms with Crippen LogP contribution in [-0.2, 0) is 0 Å². The monoisotopic (exact) mass is 1330 g/mol. The summed E-state index contributed by atoms with van der Waals surface area (Å²) in [5.41, 5.74) is 15.6. The van der Waals surface area contributed by atoms with E-state index in [9.17, 15) is 0 Å². The summed E-state index contributed by atoms with van der Waals surface area (Å²) >= 11 is 30.1. The number of nitrogens with zero attached hydrogens (tertiary/aromatic N) is 14. The number of fused-ring (bicyclic) bond motifs is 6. The number of halogens is 5. The third kappa shape index (κ3) is 14.8. The molecule has 0 amide bonds. The lowest BCUT2D eigenvalue weighted by Gasteiger charge is -2.08. The lowest BCUT2D eigenvalue weighted by Crippen LogP contribution is -1.93. The maximum Gasteiger partial charge on any atom is 0.225 e. The molecule has 9 heterocycles. The van der Waals surface area contributed by atoms with E-state index in [2.05, 4.69) is 112 Å². The van der Waals surface area contributed by atoms with Crippen molar-refractivity contribution in [1.82, 2.24) is 69.8 Å². The van der Waals surface area contributed by atoms with Crippen molar-refractivity contribution in [3.8, 4) is 67.5 Å². The summed E-state index contributed by atoms with van der Waals surface area (Å²) in [4.78, 5) is 60.0. The first-order valence-electron chi connectivity index (χ1n) is 29.5. The summed E-state index contributed by atoms with van der Waals surface area (Å²) < 4.78 is 0. The fourth-order valence-electron chi connectivity index (χ4n) is 10.4. The Kier molecular flexibility index (Phi) is 19.5. The van der Waals surface area contributed by atoms with E-state index in [0.717, 1.165) is 105 Å². The van der Waals surface area contributed by atoms with E-state index >= 15 is 0 Å². The normalized spacial score (nSPS) is 10.8. The molecule has 17 aromatic rings. The maximum atomic E-state index is 6.16. The Labute approximate surface area is 569 Å². The average Bonchev–Trinajstić information content (AvgIpc) is 0.852. The first-order chi connectivity index (χ1) is 46.7. The van der Waals surface area contributed by atoms with Gasteiger partial charge in [0.05, 0.1) is 27.9 Å². The first kappa shape index (κ1) is 62.6.